The molecule has 0 saturated heterocycles. The minimum Gasteiger partial charge on any atom is -0.330 e. The Morgan fingerprint density at radius 3 is 2.80 bits per heavy atom. The van der Waals surface area contributed by atoms with Gasteiger partial charge in [0.1, 0.15) is 5.82 Å². The molecule has 0 spiro atoms. The molecule has 0 saturated carbocycles. The molecule has 0 aliphatic carbocycles. The molecule has 0 bridgehead atoms. The summed E-state index contributed by atoms with van der Waals surface area (Å²) in [5.74, 6) is -0.330. The van der Waals surface area contributed by atoms with Crippen LogP contribution in [0.25, 0.3) is 16.7 Å². The Labute approximate surface area is 133 Å². The maximum absolute atomic E-state index is 13.6. The quantitative estimate of drug-likeness (QED) is 0.556. The molecule has 3 rings (SSSR count). The Bertz CT molecular complexity index is 885. The number of hydrogen-bond acceptors (Lipinski definition) is 1. The second kappa shape index (κ2) is 4.98. The van der Waals surface area contributed by atoms with Crippen LogP contribution in [0.2, 0.25) is 5.02 Å². The van der Waals surface area contributed by atoms with E-state index in [1.165, 1.54) is 6.07 Å². The van der Waals surface area contributed by atoms with Gasteiger partial charge in [0.15, 0.2) is 4.77 Å². The Hall–Kier alpha value is -1.17. The van der Waals surface area contributed by atoms with E-state index in [0.717, 1.165) is 16.8 Å². The van der Waals surface area contributed by atoms with Crippen LogP contribution in [0.1, 0.15) is 5.56 Å². The van der Waals surface area contributed by atoms with Crippen molar-refractivity contribution in [1.82, 2.24) is 9.55 Å². The van der Waals surface area contributed by atoms with E-state index in [0.29, 0.717) is 19.8 Å². The van der Waals surface area contributed by atoms with Crippen molar-refractivity contribution in [3.8, 4) is 5.69 Å². The summed E-state index contributed by atoms with van der Waals surface area (Å²) in [6.07, 6.45) is 0. The SMILES string of the molecule is Cc1ccc(Cl)cc1-n1c(=S)[nH]c2cc(F)c(Br)cc21. The Kier molecular flexibility index (Phi) is 3.44. The molecule has 3 aromatic rings. The summed E-state index contributed by atoms with van der Waals surface area (Å²) >= 11 is 14.6. The molecule has 0 amide bonds. The predicted octanol–water partition coefficient (Wildman–Crippen LogP) is 5.55. The van der Waals surface area contributed by atoms with E-state index in [-0.39, 0.29) is 5.82 Å². The zero-order valence-corrected chi connectivity index (χ0v) is 13.5. The summed E-state index contributed by atoms with van der Waals surface area (Å²) in [5, 5.41) is 0.628. The van der Waals surface area contributed by atoms with Gasteiger partial charge < -0.3 is 4.98 Å². The highest BCUT2D eigenvalue weighted by Gasteiger charge is 2.12. The lowest BCUT2D eigenvalue weighted by Crippen LogP contribution is -1.97. The fraction of sp³-hybridized carbons (Fsp3) is 0.0714. The van der Waals surface area contributed by atoms with Crippen LogP contribution in [0.5, 0.6) is 0 Å². The van der Waals surface area contributed by atoms with Crippen molar-refractivity contribution in [1.29, 1.82) is 0 Å². The highest BCUT2D eigenvalue weighted by atomic mass is 79.9. The number of H-pyrrole nitrogens is 1. The second-order valence-corrected chi connectivity index (χ2v) is 6.16. The highest BCUT2D eigenvalue weighted by molar-refractivity contribution is 9.10. The first-order chi connectivity index (χ1) is 9.47. The lowest BCUT2D eigenvalue weighted by Gasteiger charge is -2.09. The molecule has 1 N–H and O–H groups in total. The number of aromatic amines is 1. The van der Waals surface area contributed by atoms with Crippen LogP contribution < -0.4 is 0 Å². The first-order valence-electron chi connectivity index (χ1n) is 5.83. The van der Waals surface area contributed by atoms with Gasteiger partial charge in [-0.25, -0.2) is 4.39 Å². The van der Waals surface area contributed by atoms with E-state index in [9.17, 15) is 4.39 Å². The topological polar surface area (TPSA) is 20.7 Å². The monoisotopic (exact) mass is 370 g/mol. The number of benzene rings is 2. The fourth-order valence-corrected chi connectivity index (χ4v) is 2.97. The van der Waals surface area contributed by atoms with Crippen molar-refractivity contribution < 1.29 is 4.39 Å². The van der Waals surface area contributed by atoms with E-state index in [1.54, 1.807) is 6.07 Å². The maximum atomic E-state index is 13.6. The van der Waals surface area contributed by atoms with E-state index in [4.69, 9.17) is 23.8 Å². The lowest BCUT2D eigenvalue weighted by molar-refractivity contribution is 0.623. The molecule has 2 nitrogen and oxygen atoms in total. The molecule has 0 atom stereocenters. The van der Waals surface area contributed by atoms with E-state index in [2.05, 4.69) is 20.9 Å². The number of halogens is 3. The molecule has 20 heavy (non-hydrogen) atoms. The second-order valence-electron chi connectivity index (χ2n) is 4.48. The third-order valence-corrected chi connectivity index (χ3v) is 4.26. The molecule has 0 unspecified atom stereocenters. The molecule has 0 radical (unpaired) electrons. The average molecular weight is 372 g/mol. The Balaban J connectivity index is 2.42. The zero-order valence-electron chi connectivity index (χ0n) is 10.4. The third kappa shape index (κ3) is 2.20. The maximum Gasteiger partial charge on any atom is 0.182 e. The van der Waals surface area contributed by atoms with Crippen molar-refractivity contribution in [3.63, 3.8) is 0 Å². The van der Waals surface area contributed by atoms with Gasteiger partial charge >= 0.3 is 0 Å². The van der Waals surface area contributed by atoms with Crippen molar-refractivity contribution in [3.05, 3.63) is 56.0 Å². The molecule has 102 valence electrons. The smallest absolute Gasteiger partial charge is 0.182 e. The van der Waals surface area contributed by atoms with Crippen LogP contribution in [-0.4, -0.2) is 9.55 Å². The summed E-state index contributed by atoms with van der Waals surface area (Å²) < 4.78 is 16.4. The molecular weight excluding hydrogens is 363 g/mol. The van der Waals surface area contributed by atoms with Gasteiger partial charge in [-0.1, -0.05) is 17.7 Å². The van der Waals surface area contributed by atoms with Crippen LogP contribution in [0, 0.1) is 17.5 Å². The van der Waals surface area contributed by atoms with Crippen molar-refractivity contribution in [2.24, 2.45) is 0 Å². The highest BCUT2D eigenvalue weighted by Crippen LogP contribution is 2.28. The van der Waals surface area contributed by atoms with Crippen molar-refractivity contribution >= 4 is 50.8 Å². The first-order valence-corrected chi connectivity index (χ1v) is 7.41. The molecule has 0 aliphatic heterocycles. The van der Waals surface area contributed by atoms with Gasteiger partial charge in [-0.3, -0.25) is 4.57 Å². The molecule has 2 aromatic carbocycles. The minimum atomic E-state index is -0.330. The van der Waals surface area contributed by atoms with Gasteiger partial charge in [-0.05, 0) is 58.8 Å². The van der Waals surface area contributed by atoms with Gasteiger partial charge in [-0.15, -0.1) is 0 Å². The van der Waals surface area contributed by atoms with Crippen LogP contribution in [0.15, 0.2) is 34.8 Å². The van der Waals surface area contributed by atoms with Gasteiger partial charge in [0.2, 0.25) is 0 Å². The molecule has 1 heterocycles. The summed E-state index contributed by atoms with van der Waals surface area (Å²) in [6, 6.07) is 8.73. The van der Waals surface area contributed by atoms with Crippen molar-refractivity contribution in [2.75, 3.05) is 0 Å². The van der Waals surface area contributed by atoms with Gasteiger partial charge in [0, 0.05) is 11.1 Å². The third-order valence-electron chi connectivity index (χ3n) is 3.14. The predicted molar refractivity (Wildman–Crippen MR) is 85.9 cm³/mol. The standard InChI is InChI=1S/C14H9BrClFN2S/c1-7-2-3-8(16)4-12(7)19-13-5-9(15)10(17)6-11(13)18-14(19)20/h2-6H,1H3,(H,18,20). The zero-order chi connectivity index (χ0) is 14.4. The number of hydrogen-bond donors (Lipinski definition) is 1. The van der Waals surface area contributed by atoms with E-state index >= 15 is 0 Å². The number of rotatable bonds is 1. The van der Waals surface area contributed by atoms with Gasteiger partial charge in [-0.2, -0.15) is 0 Å². The van der Waals surface area contributed by atoms with E-state index < -0.39 is 0 Å². The Morgan fingerprint density at radius 1 is 1.30 bits per heavy atom. The lowest BCUT2D eigenvalue weighted by atomic mass is 10.2. The van der Waals surface area contributed by atoms with E-state index in [1.807, 2.05) is 29.7 Å². The molecule has 0 aliphatic rings. The fourth-order valence-electron chi connectivity index (χ4n) is 2.16. The van der Waals surface area contributed by atoms with Gasteiger partial charge in [0.25, 0.3) is 0 Å². The molecule has 6 heteroatoms. The average Bonchev–Trinajstić information content (AvgIpc) is 2.69. The number of aromatic nitrogens is 2. The van der Waals surface area contributed by atoms with Crippen LogP contribution >= 0.6 is 39.7 Å². The molecular formula is C14H9BrClFN2S. The van der Waals surface area contributed by atoms with Crippen LogP contribution in [-0.2, 0) is 0 Å². The number of fused-ring (bicyclic) bond motifs is 1. The minimum absolute atomic E-state index is 0.330. The largest absolute Gasteiger partial charge is 0.330 e. The number of imidazole rings is 1. The van der Waals surface area contributed by atoms with Crippen molar-refractivity contribution in [2.45, 2.75) is 6.92 Å². The van der Waals surface area contributed by atoms with Gasteiger partial charge in [0.05, 0.1) is 21.2 Å². The summed E-state index contributed by atoms with van der Waals surface area (Å²) in [4.78, 5) is 3.01. The summed E-state index contributed by atoms with van der Waals surface area (Å²) in [7, 11) is 0. The molecule has 1 aromatic heterocycles. The normalized spacial score (nSPS) is 11.2. The number of nitrogens with zero attached hydrogens (tertiary/aromatic N) is 1. The van der Waals surface area contributed by atoms with Crippen LogP contribution in [0.4, 0.5) is 4.39 Å². The number of nitrogens with one attached hydrogen (secondary N) is 1. The summed E-state index contributed by atoms with van der Waals surface area (Å²) in [5.41, 5.74) is 3.36. The first kappa shape index (κ1) is 13.8. The summed E-state index contributed by atoms with van der Waals surface area (Å²) in [6.45, 7) is 1.98. The number of aryl methyl sites for hydroxylation is 1. The van der Waals surface area contributed by atoms with Crippen LogP contribution in [0.3, 0.4) is 0 Å². The molecule has 0 fully saturated rings. The Morgan fingerprint density at radius 2 is 2.05 bits per heavy atom.